The van der Waals surface area contributed by atoms with Crippen LogP contribution in [0, 0.1) is 0 Å². The van der Waals surface area contributed by atoms with Gasteiger partial charge >= 0.3 is 5.97 Å². The second kappa shape index (κ2) is 5.34. The number of ether oxygens (including phenoxy) is 3. The second-order valence-electron chi connectivity index (χ2n) is 5.31. The molecule has 1 aliphatic rings. The first kappa shape index (κ1) is 13.5. The third-order valence-electron chi connectivity index (χ3n) is 2.41. The minimum atomic E-state index is -0.441. The molecule has 0 amide bonds. The van der Waals surface area contributed by atoms with Gasteiger partial charge in [-0.1, -0.05) is 18.2 Å². The second-order valence-corrected chi connectivity index (χ2v) is 5.31. The fraction of sp³-hybridized carbons (Fsp3) is 0.400. The topological polar surface area (TPSA) is 44.8 Å². The van der Waals surface area contributed by atoms with Crippen molar-refractivity contribution in [1.82, 2.24) is 0 Å². The molecule has 0 saturated carbocycles. The van der Waals surface area contributed by atoms with E-state index in [4.69, 9.17) is 14.2 Å². The SMILES string of the molecule is CC(C)(C)OC(=O)C/C=C\c1ccc2c(c1)OCO2. The average Bonchev–Trinajstić information content (AvgIpc) is 2.73. The van der Waals surface area contributed by atoms with Crippen LogP contribution >= 0.6 is 0 Å². The molecule has 0 bridgehead atoms. The van der Waals surface area contributed by atoms with E-state index in [1.165, 1.54) is 0 Å². The molecule has 1 aromatic rings. The van der Waals surface area contributed by atoms with Gasteiger partial charge in [-0.2, -0.15) is 0 Å². The highest BCUT2D eigenvalue weighted by Gasteiger charge is 2.15. The van der Waals surface area contributed by atoms with E-state index in [0.717, 1.165) is 17.1 Å². The van der Waals surface area contributed by atoms with E-state index in [1.807, 2.05) is 45.0 Å². The Morgan fingerprint density at radius 2 is 2.05 bits per heavy atom. The molecular weight excluding hydrogens is 244 g/mol. The first-order valence-corrected chi connectivity index (χ1v) is 6.22. The molecule has 102 valence electrons. The van der Waals surface area contributed by atoms with Crippen molar-refractivity contribution in [1.29, 1.82) is 0 Å². The Morgan fingerprint density at radius 1 is 1.32 bits per heavy atom. The molecule has 0 atom stereocenters. The van der Waals surface area contributed by atoms with E-state index >= 15 is 0 Å². The summed E-state index contributed by atoms with van der Waals surface area (Å²) in [6.45, 7) is 5.83. The van der Waals surface area contributed by atoms with Crippen molar-refractivity contribution in [3.63, 3.8) is 0 Å². The van der Waals surface area contributed by atoms with Gasteiger partial charge in [0.1, 0.15) is 5.60 Å². The van der Waals surface area contributed by atoms with E-state index < -0.39 is 5.60 Å². The van der Waals surface area contributed by atoms with Crippen LogP contribution in [0.5, 0.6) is 11.5 Å². The third-order valence-corrected chi connectivity index (χ3v) is 2.41. The van der Waals surface area contributed by atoms with Crippen LogP contribution in [0.3, 0.4) is 0 Å². The van der Waals surface area contributed by atoms with Gasteiger partial charge in [0, 0.05) is 0 Å². The van der Waals surface area contributed by atoms with Crippen molar-refractivity contribution >= 4 is 12.0 Å². The van der Waals surface area contributed by atoms with Gasteiger partial charge in [0.05, 0.1) is 6.42 Å². The molecule has 1 aromatic carbocycles. The molecule has 0 spiro atoms. The Labute approximate surface area is 113 Å². The van der Waals surface area contributed by atoms with Crippen LogP contribution in [-0.2, 0) is 9.53 Å². The standard InChI is InChI=1S/C15H18O4/c1-15(2,3)19-14(16)6-4-5-11-7-8-12-13(9-11)18-10-17-12/h4-5,7-9H,6,10H2,1-3H3/b5-4-. The maximum Gasteiger partial charge on any atom is 0.310 e. The molecule has 0 unspecified atom stereocenters. The number of carbonyl (C=O) groups is 1. The normalized spacial score (nSPS) is 13.8. The van der Waals surface area contributed by atoms with E-state index in [2.05, 4.69) is 0 Å². The van der Waals surface area contributed by atoms with E-state index in [9.17, 15) is 4.79 Å². The minimum absolute atomic E-state index is 0.232. The molecule has 4 nitrogen and oxygen atoms in total. The summed E-state index contributed by atoms with van der Waals surface area (Å²) in [6, 6.07) is 5.66. The van der Waals surface area contributed by atoms with Crippen molar-refractivity contribution in [2.24, 2.45) is 0 Å². The monoisotopic (exact) mass is 262 g/mol. The Kier molecular flexibility index (Phi) is 3.79. The quantitative estimate of drug-likeness (QED) is 0.785. The van der Waals surface area contributed by atoms with Crippen molar-refractivity contribution in [2.75, 3.05) is 6.79 Å². The number of hydrogen-bond acceptors (Lipinski definition) is 4. The maximum atomic E-state index is 11.5. The van der Waals surface area contributed by atoms with Gasteiger partial charge in [-0.15, -0.1) is 0 Å². The molecule has 0 fully saturated rings. The smallest absolute Gasteiger partial charge is 0.310 e. The van der Waals surface area contributed by atoms with Crippen LogP contribution in [-0.4, -0.2) is 18.4 Å². The number of rotatable bonds is 3. The molecule has 1 aliphatic heterocycles. The first-order valence-electron chi connectivity index (χ1n) is 6.22. The summed E-state index contributed by atoms with van der Waals surface area (Å²) < 4.78 is 15.7. The molecule has 0 saturated heterocycles. The zero-order valence-corrected chi connectivity index (χ0v) is 11.4. The van der Waals surface area contributed by atoms with Crippen LogP contribution in [0.15, 0.2) is 24.3 Å². The summed E-state index contributed by atoms with van der Waals surface area (Å²) >= 11 is 0. The predicted molar refractivity (Wildman–Crippen MR) is 72.1 cm³/mol. The molecule has 2 rings (SSSR count). The van der Waals surface area contributed by atoms with Gasteiger partial charge in [0.15, 0.2) is 11.5 Å². The zero-order chi connectivity index (χ0) is 13.9. The van der Waals surface area contributed by atoms with Gasteiger partial charge in [-0.3, -0.25) is 4.79 Å². The lowest BCUT2D eigenvalue weighted by molar-refractivity contribution is -0.153. The molecular formula is C15H18O4. The average molecular weight is 262 g/mol. The van der Waals surface area contributed by atoms with Crippen LogP contribution in [0.4, 0.5) is 0 Å². The summed E-state index contributed by atoms with van der Waals surface area (Å²) in [4.78, 5) is 11.5. The predicted octanol–water partition coefficient (Wildman–Crippen LogP) is 3.16. The van der Waals surface area contributed by atoms with Gasteiger partial charge in [-0.05, 0) is 38.5 Å². The van der Waals surface area contributed by atoms with Gasteiger partial charge in [0.25, 0.3) is 0 Å². The van der Waals surface area contributed by atoms with E-state index in [0.29, 0.717) is 0 Å². The highest BCUT2D eigenvalue weighted by atomic mass is 16.7. The maximum absolute atomic E-state index is 11.5. The highest BCUT2D eigenvalue weighted by Crippen LogP contribution is 2.32. The van der Waals surface area contributed by atoms with Gasteiger partial charge in [0.2, 0.25) is 6.79 Å². The Bertz CT molecular complexity index is 497. The van der Waals surface area contributed by atoms with Gasteiger partial charge < -0.3 is 14.2 Å². The molecule has 0 N–H and O–H groups in total. The number of hydrogen-bond donors (Lipinski definition) is 0. The number of esters is 1. The van der Waals surface area contributed by atoms with Gasteiger partial charge in [-0.25, -0.2) is 0 Å². The highest BCUT2D eigenvalue weighted by molar-refractivity contribution is 5.73. The van der Waals surface area contributed by atoms with E-state index in [1.54, 1.807) is 6.08 Å². The zero-order valence-electron chi connectivity index (χ0n) is 11.4. The first-order chi connectivity index (χ1) is 8.94. The molecule has 4 heteroatoms. The number of benzene rings is 1. The summed E-state index contributed by atoms with van der Waals surface area (Å²) in [7, 11) is 0. The van der Waals surface area contributed by atoms with Crippen LogP contribution in [0.2, 0.25) is 0 Å². The molecule has 19 heavy (non-hydrogen) atoms. The summed E-state index contributed by atoms with van der Waals surface area (Å²) in [5, 5.41) is 0. The summed E-state index contributed by atoms with van der Waals surface area (Å²) in [5.74, 6) is 1.26. The largest absolute Gasteiger partial charge is 0.460 e. The van der Waals surface area contributed by atoms with Crippen molar-refractivity contribution in [3.05, 3.63) is 29.8 Å². The van der Waals surface area contributed by atoms with Crippen LogP contribution in [0.25, 0.3) is 6.08 Å². The molecule has 0 radical (unpaired) electrons. The fourth-order valence-electron chi connectivity index (χ4n) is 1.69. The van der Waals surface area contributed by atoms with E-state index in [-0.39, 0.29) is 19.2 Å². The minimum Gasteiger partial charge on any atom is -0.460 e. The summed E-state index contributed by atoms with van der Waals surface area (Å²) in [5.41, 5.74) is 0.525. The van der Waals surface area contributed by atoms with Crippen molar-refractivity contribution < 1.29 is 19.0 Å². The Morgan fingerprint density at radius 3 is 2.79 bits per heavy atom. The lowest BCUT2D eigenvalue weighted by Gasteiger charge is -2.18. The molecule has 1 heterocycles. The lowest BCUT2D eigenvalue weighted by atomic mass is 10.1. The number of fused-ring (bicyclic) bond motifs is 1. The van der Waals surface area contributed by atoms with Crippen LogP contribution in [0.1, 0.15) is 32.8 Å². The van der Waals surface area contributed by atoms with Crippen molar-refractivity contribution in [3.8, 4) is 11.5 Å². The number of carbonyl (C=O) groups excluding carboxylic acids is 1. The Hall–Kier alpha value is -1.97. The summed E-state index contributed by atoms with van der Waals surface area (Å²) in [6.07, 6.45) is 3.91. The molecule has 0 aliphatic carbocycles. The third kappa shape index (κ3) is 4.02. The van der Waals surface area contributed by atoms with Crippen LogP contribution < -0.4 is 9.47 Å². The fourth-order valence-corrected chi connectivity index (χ4v) is 1.69. The van der Waals surface area contributed by atoms with Crippen molar-refractivity contribution in [2.45, 2.75) is 32.8 Å². The Balaban J connectivity index is 1.91. The molecule has 0 aromatic heterocycles. The lowest BCUT2D eigenvalue weighted by Crippen LogP contribution is -2.23.